The quantitative estimate of drug-likeness (QED) is 0.141. The number of hydrogen-bond donors (Lipinski definition) is 0. The van der Waals surface area contributed by atoms with E-state index in [4.69, 9.17) is 46.7 Å². The highest BCUT2D eigenvalue weighted by atomic mass is 32.2. The van der Waals surface area contributed by atoms with Crippen molar-refractivity contribution in [2.45, 2.75) is 103 Å². The number of carbonyl (C=O) groups is 7. The molecule has 0 bridgehead atoms. The molecule has 0 N–H and O–H groups in total. The molecule has 1 saturated heterocycles. The molecule has 0 radical (unpaired) electrons. The Balaban J connectivity index is 1.52. The molecule has 0 saturated carbocycles. The Labute approximate surface area is 311 Å². The van der Waals surface area contributed by atoms with Gasteiger partial charge in [-0.1, -0.05) is 11.8 Å². The molecular weight excluding hydrogens is 744 g/mol. The fourth-order valence-electron chi connectivity index (χ4n) is 5.37. The van der Waals surface area contributed by atoms with Crippen molar-refractivity contribution < 1.29 is 80.3 Å². The van der Waals surface area contributed by atoms with E-state index in [1.165, 1.54) is 13.8 Å². The first-order valence-corrected chi connectivity index (χ1v) is 17.1. The molecule has 54 heavy (non-hydrogen) atoms. The minimum absolute atomic E-state index is 0.0340. The summed E-state index contributed by atoms with van der Waals surface area (Å²) in [6.45, 7) is 8.82. The summed E-state index contributed by atoms with van der Waals surface area (Å²) in [7, 11) is 0. The summed E-state index contributed by atoms with van der Waals surface area (Å²) in [4.78, 5) is 84.1. The van der Waals surface area contributed by atoms with Gasteiger partial charge in [0.25, 0.3) is 11.1 Å². The Morgan fingerprint density at radius 3 is 2.11 bits per heavy atom. The van der Waals surface area contributed by atoms with E-state index in [1.807, 2.05) is 0 Å². The van der Waals surface area contributed by atoms with Crippen LogP contribution in [0.1, 0.15) is 66.1 Å². The summed E-state index contributed by atoms with van der Waals surface area (Å²) in [5.74, 6) is -4.77. The van der Waals surface area contributed by atoms with E-state index in [0.717, 1.165) is 51.4 Å². The van der Waals surface area contributed by atoms with Gasteiger partial charge in [-0.05, 0) is 13.0 Å². The van der Waals surface area contributed by atoms with E-state index >= 15 is 0 Å². The Kier molecular flexibility index (Phi) is 13.8. The van der Waals surface area contributed by atoms with E-state index in [9.17, 15) is 33.6 Å². The van der Waals surface area contributed by atoms with Crippen LogP contribution >= 0.6 is 11.8 Å². The van der Waals surface area contributed by atoms with Gasteiger partial charge in [-0.2, -0.15) is 5.01 Å². The first kappa shape index (κ1) is 41.2. The van der Waals surface area contributed by atoms with Crippen LogP contribution in [0, 0.1) is 6.92 Å². The second-order valence-electron chi connectivity index (χ2n) is 11.7. The van der Waals surface area contributed by atoms with Crippen LogP contribution in [0.2, 0.25) is 0 Å². The molecule has 1 unspecified atom stereocenters. The summed E-state index contributed by atoms with van der Waals surface area (Å²) in [6, 6.07) is 1.56. The number of rotatable bonds is 15. The van der Waals surface area contributed by atoms with Gasteiger partial charge in [0.05, 0.1) is 17.9 Å². The van der Waals surface area contributed by atoms with Crippen LogP contribution in [0.15, 0.2) is 25.2 Å². The number of ether oxygens (including phenoxy) is 8. The number of thioether (sulfide) groups is 1. The Bertz CT molecular complexity index is 1790. The van der Waals surface area contributed by atoms with Crippen molar-refractivity contribution in [2.24, 2.45) is 5.10 Å². The standard InChI is InChI=1S/C32H38N4O17S/c1-13-21(9-22(46-13)26-27(49-18(6)41)24(11-45-26)48-17(5)40)30-33-34-32(53-30)54-12-25-35-36(14(2)37)31(52-25)29(51-20(8)43)28(50-19(7)42)23(47-16(4)39)10-44-15(3)38/h9,23-24,26-29,31H,10-12H2,1-8H3/t23-,24-,26+,27-,28-,29-,31?/m1/s1. The molecule has 1 amide bonds. The number of furan rings is 1. The molecule has 2 aromatic heterocycles. The summed E-state index contributed by atoms with van der Waals surface area (Å²) in [5.41, 5.74) is 0.388. The largest absolute Gasteiger partial charge is 0.463 e. The van der Waals surface area contributed by atoms with Crippen molar-refractivity contribution in [3.63, 3.8) is 0 Å². The third kappa shape index (κ3) is 10.8. The molecule has 2 aliphatic rings. The maximum atomic E-state index is 12.7. The summed E-state index contributed by atoms with van der Waals surface area (Å²) >= 11 is 0.956. The lowest BCUT2D eigenvalue weighted by Crippen LogP contribution is -2.56. The average molecular weight is 783 g/mol. The molecule has 2 aliphatic heterocycles. The Morgan fingerprint density at radius 1 is 0.852 bits per heavy atom. The van der Waals surface area contributed by atoms with Gasteiger partial charge in [0.15, 0.2) is 36.6 Å². The van der Waals surface area contributed by atoms with Crippen molar-refractivity contribution >= 4 is 59.4 Å². The van der Waals surface area contributed by atoms with Gasteiger partial charge in [0.2, 0.25) is 18.0 Å². The number of hydrogen-bond acceptors (Lipinski definition) is 21. The predicted molar refractivity (Wildman–Crippen MR) is 175 cm³/mol. The van der Waals surface area contributed by atoms with Crippen LogP contribution in [0.5, 0.6) is 0 Å². The van der Waals surface area contributed by atoms with Crippen molar-refractivity contribution in [3.05, 3.63) is 17.6 Å². The van der Waals surface area contributed by atoms with E-state index in [1.54, 1.807) is 13.0 Å². The molecule has 1 fully saturated rings. The fourth-order valence-corrected chi connectivity index (χ4v) is 5.98. The molecule has 4 heterocycles. The Morgan fingerprint density at radius 2 is 1.52 bits per heavy atom. The zero-order valence-corrected chi connectivity index (χ0v) is 31.2. The first-order chi connectivity index (χ1) is 25.4. The van der Waals surface area contributed by atoms with Crippen LogP contribution in [0.25, 0.3) is 11.5 Å². The van der Waals surface area contributed by atoms with Gasteiger partial charge in [-0.15, -0.1) is 15.3 Å². The fraction of sp³-hybridized carbons (Fsp3) is 0.562. The van der Waals surface area contributed by atoms with E-state index in [-0.39, 0.29) is 35.1 Å². The van der Waals surface area contributed by atoms with Gasteiger partial charge in [0, 0.05) is 48.5 Å². The second-order valence-corrected chi connectivity index (χ2v) is 12.6. The third-order valence-corrected chi connectivity index (χ3v) is 8.08. The monoisotopic (exact) mass is 782 g/mol. The first-order valence-electron chi connectivity index (χ1n) is 16.1. The summed E-state index contributed by atoms with van der Waals surface area (Å²) < 4.78 is 55.2. The van der Waals surface area contributed by atoms with Gasteiger partial charge >= 0.3 is 35.8 Å². The number of aromatic nitrogens is 2. The normalized spacial score (nSPS) is 20.8. The van der Waals surface area contributed by atoms with Crippen LogP contribution in [0.4, 0.5) is 0 Å². The van der Waals surface area contributed by atoms with E-state index < -0.39 is 91.2 Å². The topological polar surface area (TPSA) is 261 Å². The third-order valence-electron chi connectivity index (χ3n) is 7.28. The average Bonchev–Trinajstić information content (AvgIpc) is 3.86. The van der Waals surface area contributed by atoms with Crippen LogP contribution in [-0.2, 0) is 71.5 Å². The van der Waals surface area contributed by atoms with E-state index in [2.05, 4.69) is 15.3 Å². The molecule has 0 spiro atoms. The lowest BCUT2D eigenvalue weighted by molar-refractivity contribution is -0.205. The number of nitrogens with zero attached hydrogens (tertiary/aromatic N) is 4. The van der Waals surface area contributed by atoms with Crippen molar-refractivity contribution in [3.8, 4) is 11.5 Å². The predicted octanol–water partition coefficient (Wildman–Crippen LogP) is 1.54. The summed E-state index contributed by atoms with van der Waals surface area (Å²) in [5, 5.41) is 13.2. The molecule has 4 rings (SSSR count). The van der Waals surface area contributed by atoms with Crippen molar-refractivity contribution in [2.75, 3.05) is 19.0 Å². The zero-order chi connectivity index (χ0) is 39.9. The molecule has 294 valence electrons. The highest BCUT2D eigenvalue weighted by Crippen LogP contribution is 2.38. The molecule has 22 heteroatoms. The lowest BCUT2D eigenvalue weighted by atomic mass is 10.1. The number of aryl methyl sites for hydroxylation is 1. The van der Waals surface area contributed by atoms with Crippen LogP contribution in [0.3, 0.4) is 0 Å². The maximum absolute atomic E-state index is 12.7. The highest BCUT2D eigenvalue weighted by Gasteiger charge is 2.49. The highest BCUT2D eigenvalue weighted by molar-refractivity contribution is 7.99. The van der Waals surface area contributed by atoms with Crippen LogP contribution < -0.4 is 0 Å². The van der Waals surface area contributed by atoms with Gasteiger partial charge < -0.3 is 46.7 Å². The molecular formula is C32H38N4O17S. The molecule has 0 aromatic carbocycles. The minimum atomic E-state index is -1.65. The maximum Gasteiger partial charge on any atom is 0.303 e. The Hall–Kier alpha value is -5.51. The van der Waals surface area contributed by atoms with Gasteiger partial charge in [0.1, 0.15) is 18.1 Å². The second kappa shape index (κ2) is 18.0. The SMILES string of the molecule is CC(=O)OC[C@@H](OC(C)=O)[C@@H](OC(C)=O)[C@@H](OC(C)=O)C1OC(CSc2nnc(-c3cc([C@@H]4OC[C@@H](OC(C)=O)[C@H]4OC(C)=O)oc3C)o2)=NN1C(C)=O. The number of carbonyl (C=O) groups excluding carboxylic acids is 7. The van der Waals surface area contributed by atoms with Gasteiger partial charge in [-0.25, -0.2) is 0 Å². The van der Waals surface area contributed by atoms with Crippen molar-refractivity contribution in [1.29, 1.82) is 0 Å². The molecule has 2 aromatic rings. The van der Waals surface area contributed by atoms with Crippen molar-refractivity contribution in [1.82, 2.24) is 15.2 Å². The number of hydrazone groups is 1. The lowest BCUT2D eigenvalue weighted by Gasteiger charge is -2.35. The molecule has 0 aliphatic carbocycles. The number of esters is 6. The zero-order valence-electron chi connectivity index (χ0n) is 30.4. The van der Waals surface area contributed by atoms with E-state index in [0.29, 0.717) is 11.3 Å². The molecule has 7 atom stereocenters. The number of amides is 1. The molecule has 21 nitrogen and oxygen atoms in total. The summed E-state index contributed by atoms with van der Waals surface area (Å²) in [6.07, 6.45) is -9.07. The van der Waals surface area contributed by atoms with Crippen LogP contribution in [-0.4, -0.2) is 119 Å². The minimum Gasteiger partial charge on any atom is -0.463 e. The smallest absolute Gasteiger partial charge is 0.303 e. The van der Waals surface area contributed by atoms with Gasteiger partial charge in [-0.3, -0.25) is 33.6 Å².